The predicted molar refractivity (Wildman–Crippen MR) is 56.1 cm³/mol. The maximum absolute atomic E-state index is 12.4. The summed E-state index contributed by atoms with van der Waals surface area (Å²) >= 11 is 0. The first-order chi connectivity index (χ1) is 8.54. The van der Waals surface area contributed by atoms with Gasteiger partial charge in [-0.1, -0.05) is 5.16 Å². The van der Waals surface area contributed by atoms with Crippen molar-refractivity contribution in [3.05, 3.63) is 35.5 Å². The van der Waals surface area contributed by atoms with Crippen molar-refractivity contribution < 1.29 is 22.4 Å². The van der Waals surface area contributed by atoms with Gasteiger partial charge in [0.1, 0.15) is 5.75 Å². The van der Waals surface area contributed by atoms with E-state index in [0.717, 1.165) is 23.8 Å². The van der Waals surface area contributed by atoms with E-state index in [1.807, 2.05) is 0 Å². The van der Waals surface area contributed by atoms with Crippen LogP contribution in [-0.4, -0.2) is 11.8 Å². The number of fused-ring (bicyclic) bond motifs is 1. The van der Waals surface area contributed by atoms with Crippen LogP contribution in [0.2, 0.25) is 0 Å². The Labute approximate surface area is 100 Å². The highest BCUT2D eigenvalue weighted by Crippen LogP contribution is 2.34. The largest absolute Gasteiger partial charge is 0.493 e. The molecule has 0 radical (unpaired) electrons. The number of rotatable bonds is 1. The molecule has 0 atom stereocenters. The Balaban J connectivity index is 1.98. The predicted octanol–water partition coefficient (Wildman–Crippen LogP) is 3.30. The molecule has 0 aliphatic carbocycles. The first-order valence-corrected chi connectivity index (χ1v) is 5.34. The summed E-state index contributed by atoms with van der Waals surface area (Å²) in [6, 6.07) is 6.05. The topological polar surface area (TPSA) is 35.3 Å². The van der Waals surface area contributed by atoms with Crippen LogP contribution >= 0.6 is 0 Å². The standard InChI is InChI=1S/C12H8F3NO2/c13-12(14,15)11-6-10(18-16-11)7-1-2-9-8(5-7)3-4-17-9/h1-2,5-6H,3-4H2. The first kappa shape index (κ1) is 11.1. The summed E-state index contributed by atoms with van der Waals surface area (Å²) in [5.41, 5.74) is 0.522. The average Bonchev–Trinajstić information content (AvgIpc) is 2.96. The molecule has 1 aromatic carbocycles. The van der Waals surface area contributed by atoms with E-state index < -0.39 is 11.9 Å². The lowest BCUT2D eigenvalue weighted by atomic mass is 10.1. The minimum atomic E-state index is -4.48. The van der Waals surface area contributed by atoms with Gasteiger partial charge < -0.3 is 9.26 Å². The molecule has 0 saturated heterocycles. The first-order valence-electron chi connectivity index (χ1n) is 5.34. The molecule has 0 spiro atoms. The molecule has 18 heavy (non-hydrogen) atoms. The Morgan fingerprint density at radius 2 is 2.00 bits per heavy atom. The number of halogens is 3. The SMILES string of the molecule is FC(F)(F)c1cc(-c2ccc3c(c2)CCO3)on1. The monoisotopic (exact) mass is 255 g/mol. The van der Waals surface area contributed by atoms with E-state index in [1.54, 1.807) is 18.2 Å². The van der Waals surface area contributed by atoms with Crippen molar-refractivity contribution in [2.24, 2.45) is 0 Å². The van der Waals surface area contributed by atoms with E-state index in [1.165, 1.54) is 0 Å². The molecule has 0 unspecified atom stereocenters. The molecule has 0 fully saturated rings. The van der Waals surface area contributed by atoms with Crippen LogP contribution < -0.4 is 4.74 Å². The van der Waals surface area contributed by atoms with Crippen molar-refractivity contribution in [3.63, 3.8) is 0 Å². The molecule has 1 aromatic heterocycles. The number of hydrogen-bond donors (Lipinski definition) is 0. The lowest BCUT2D eigenvalue weighted by Gasteiger charge is -2.00. The molecule has 3 nitrogen and oxygen atoms in total. The minimum Gasteiger partial charge on any atom is -0.493 e. The van der Waals surface area contributed by atoms with Gasteiger partial charge >= 0.3 is 6.18 Å². The highest BCUT2D eigenvalue weighted by Gasteiger charge is 2.35. The molecule has 2 heterocycles. The van der Waals surface area contributed by atoms with Gasteiger partial charge in [0.2, 0.25) is 0 Å². The van der Waals surface area contributed by atoms with E-state index >= 15 is 0 Å². The zero-order valence-electron chi connectivity index (χ0n) is 9.12. The molecule has 0 bridgehead atoms. The summed E-state index contributed by atoms with van der Waals surface area (Å²) in [6.07, 6.45) is -3.73. The fourth-order valence-corrected chi connectivity index (χ4v) is 1.88. The second kappa shape index (κ2) is 3.76. The van der Waals surface area contributed by atoms with Crippen molar-refractivity contribution in [3.8, 4) is 17.1 Å². The van der Waals surface area contributed by atoms with Crippen LogP contribution in [0.1, 0.15) is 11.3 Å². The van der Waals surface area contributed by atoms with E-state index in [2.05, 4.69) is 5.16 Å². The van der Waals surface area contributed by atoms with E-state index in [4.69, 9.17) is 9.26 Å². The van der Waals surface area contributed by atoms with E-state index in [9.17, 15) is 13.2 Å². The fraction of sp³-hybridized carbons (Fsp3) is 0.250. The summed E-state index contributed by atoms with van der Waals surface area (Å²) in [6.45, 7) is 0.600. The van der Waals surface area contributed by atoms with Crippen LogP contribution in [0.5, 0.6) is 5.75 Å². The zero-order chi connectivity index (χ0) is 12.8. The molecule has 0 N–H and O–H groups in total. The molecule has 1 aliphatic heterocycles. The van der Waals surface area contributed by atoms with Gasteiger partial charge in [-0.15, -0.1) is 0 Å². The average molecular weight is 255 g/mol. The minimum absolute atomic E-state index is 0.108. The third-order valence-corrected chi connectivity index (χ3v) is 2.77. The van der Waals surface area contributed by atoms with Crippen molar-refractivity contribution in [1.29, 1.82) is 0 Å². The third-order valence-electron chi connectivity index (χ3n) is 2.77. The van der Waals surface area contributed by atoms with Crippen LogP contribution in [-0.2, 0) is 12.6 Å². The lowest BCUT2D eigenvalue weighted by Crippen LogP contribution is -2.04. The van der Waals surface area contributed by atoms with Crippen molar-refractivity contribution in [2.75, 3.05) is 6.61 Å². The van der Waals surface area contributed by atoms with Gasteiger partial charge in [-0.3, -0.25) is 0 Å². The van der Waals surface area contributed by atoms with Gasteiger partial charge in [0.15, 0.2) is 11.5 Å². The Kier molecular flexibility index (Phi) is 2.33. The number of aromatic nitrogens is 1. The zero-order valence-corrected chi connectivity index (χ0v) is 9.12. The van der Waals surface area contributed by atoms with Gasteiger partial charge in [-0.2, -0.15) is 13.2 Å². The molecule has 0 saturated carbocycles. The van der Waals surface area contributed by atoms with Gasteiger partial charge in [0.05, 0.1) is 6.61 Å². The summed E-state index contributed by atoms with van der Waals surface area (Å²) < 4.78 is 47.2. The number of ether oxygens (including phenoxy) is 1. The van der Waals surface area contributed by atoms with E-state index in [0.29, 0.717) is 12.2 Å². The number of alkyl halides is 3. The number of nitrogens with zero attached hydrogens (tertiary/aromatic N) is 1. The van der Waals surface area contributed by atoms with Gasteiger partial charge in [0.25, 0.3) is 0 Å². The van der Waals surface area contributed by atoms with Crippen LogP contribution in [0.4, 0.5) is 13.2 Å². The van der Waals surface area contributed by atoms with Crippen LogP contribution in [0.15, 0.2) is 28.8 Å². The summed E-state index contributed by atoms with van der Waals surface area (Å²) in [4.78, 5) is 0. The van der Waals surface area contributed by atoms with Crippen molar-refractivity contribution >= 4 is 0 Å². The molecular formula is C12H8F3NO2. The van der Waals surface area contributed by atoms with Gasteiger partial charge in [-0.25, -0.2) is 0 Å². The molecule has 6 heteroatoms. The molecule has 1 aliphatic rings. The molecule has 3 rings (SSSR count). The maximum Gasteiger partial charge on any atom is 0.436 e. The maximum atomic E-state index is 12.4. The van der Waals surface area contributed by atoms with Gasteiger partial charge in [0, 0.05) is 18.1 Å². The summed E-state index contributed by atoms with van der Waals surface area (Å²) in [5, 5.41) is 3.03. The summed E-state index contributed by atoms with van der Waals surface area (Å²) in [5.74, 6) is 0.881. The van der Waals surface area contributed by atoms with Crippen LogP contribution in [0.3, 0.4) is 0 Å². The number of hydrogen-bond acceptors (Lipinski definition) is 3. The van der Waals surface area contributed by atoms with Crippen molar-refractivity contribution in [2.45, 2.75) is 12.6 Å². The van der Waals surface area contributed by atoms with Crippen LogP contribution in [0, 0.1) is 0 Å². The highest BCUT2D eigenvalue weighted by atomic mass is 19.4. The van der Waals surface area contributed by atoms with Crippen LogP contribution in [0.25, 0.3) is 11.3 Å². The molecule has 2 aromatic rings. The normalized spacial score (nSPS) is 14.4. The molecular weight excluding hydrogens is 247 g/mol. The van der Waals surface area contributed by atoms with Crippen molar-refractivity contribution in [1.82, 2.24) is 5.16 Å². The second-order valence-electron chi connectivity index (χ2n) is 4.00. The van der Waals surface area contributed by atoms with E-state index in [-0.39, 0.29) is 5.76 Å². The Morgan fingerprint density at radius 1 is 1.17 bits per heavy atom. The Morgan fingerprint density at radius 3 is 2.72 bits per heavy atom. The fourth-order valence-electron chi connectivity index (χ4n) is 1.88. The smallest absolute Gasteiger partial charge is 0.436 e. The molecule has 0 amide bonds. The van der Waals surface area contributed by atoms with Gasteiger partial charge in [-0.05, 0) is 23.8 Å². The molecule has 94 valence electrons. The Hall–Kier alpha value is -1.98. The Bertz CT molecular complexity index is 589. The third kappa shape index (κ3) is 1.83. The summed E-state index contributed by atoms with van der Waals surface area (Å²) in [7, 11) is 0. The lowest BCUT2D eigenvalue weighted by molar-refractivity contribution is -0.142. The number of benzene rings is 1. The second-order valence-corrected chi connectivity index (χ2v) is 4.00. The quantitative estimate of drug-likeness (QED) is 0.784. The highest BCUT2D eigenvalue weighted by molar-refractivity contribution is 5.61.